The monoisotopic (exact) mass is 264 g/mol. The summed E-state index contributed by atoms with van der Waals surface area (Å²) in [6.07, 6.45) is 0.578. The average Bonchev–Trinajstić information content (AvgIpc) is 2.37. The van der Waals surface area contributed by atoms with Crippen LogP contribution in [-0.2, 0) is 5.41 Å². The number of benzene rings is 1. The number of hydrogen-bond acceptors (Lipinski definition) is 2. The van der Waals surface area contributed by atoms with Crippen molar-refractivity contribution in [1.82, 2.24) is 10.6 Å². The number of carbonyl (C=O) groups is 1. The molecule has 0 unspecified atom stereocenters. The third-order valence-corrected chi connectivity index (χ3v) is 3.19. The third kappa shape index (κ3) is 4.91. The van der Waals surface area contributed by atoms with Crippen LogP contribution in [0.2, 0.25) is 0 Å². The van der Waals surface area contributed by atoms with E-state index in [4.69, 9.17) is 5.11 Å². The number of aliphatic hydroxyl groups excluding tert-OH is 1. The summed E-state index contributed by atoms with van der Waals surface area (Å²) >= 11 is 0. The number of carbonyl (C=O) groups excluding carboxylic acids is 1. The van der Waals surface area contributed by atoms with E-state index in [0.29, 0.717) is 19.5 Å². The lowest BCUT2D eigenvalue weighted by molar-refractivity contribution is 0.235. The van der Waals surface area contributed by atoms with Gasteiger partial charge in [-0.3, -0.25) is 0 Å². The summed E-state index contributed by atoms with van der Waals surface area (Å²) in [5, 5.41) is 14.2. The molecule has 0 spiro atoms. The fourth-order valence-corrected chi connectivity index (χ4v) is 2.07. The van der Waals surface area contributed by atoms with Gasteiger partial charge in [-0.2, -0.15) is 0 Å². The second-order valence-corrected chi connectivity index (χ2v) is 5.39. The first-order valence-electron chi connectivity index (χ1n) is 6.66. The first-order chi connectivity index (χ1) is 8.97. The molecule has 0 heterocycles. The molecule has 19 heavy (non-hydrogen) atoms. The highest BCUT2D eigenvalue weighted by Crippen LogP contribution is 2.25. The molecule has 0 fully saturated rings. The Morgan fingerprint density at radius 2 is 1.95 bits per heavy atom. The fourth-order valence-electron chi connectivity index (χ4n) is 2.07. The quantitative estimate of drug-likeness (QED) is 0.688. The SMILES string of the molecule is Cc1ccccc1C(C)(C)CNC(=O)NCCCO. The van der Waals surface area contributed by atoms with Crippen molar-refractivity contribution in [2.75, 3.05) is 19.7 Å². The molecule has 1 aromatic rings. The Morgan fingerprint density at radius 1 is 1.26 bits per heavy atom. The molecule has 4 nitrogen and oxygen atoms in total. The molecule has 0 aromatic heterocycles. The van der Waals surface area contributed by atoms with Crippen molar-refractivity contribution in [3.05, 3.63) is 35.4 Å². The van der Waals surface area contributed by atoms with Crippen LogP contribution in [0, 0.1) is 6.92 Å². The number of nitrogens with one attached hydrogen (secondary N) is 2. The highest BCUT2D eigenvalue weighted by atomic mass is 16.3. The molecular formula is C15H24N2O2. The van der Waals surface area contributed by atoms with Gasteiger partial charge in [-0.25, -0.2) is 4.79 Å². The van der Waals surface area contributed by atoms with E-state index in [1.165, 1.54) is 11.1 Å². The van der Waals surface area contributed by atoms with E-state index < -0.39 is 0 Å². The van der Waals surface area contributed by atoms with Gasteiger partial charge < -0.3 is 15.7 Å². The second-order valence-electron chi connectivity index (χ2n) is 5.39. The molecule has 0 saturated carbocycles. The first kappa shape index (κ1) is 15.5. The molecule has 0 saturated heterocycles. The predicted molar refractivity (Wildman–Crippen MR) is 77.3 cm³/mol. The standard InChI is InChI=1S/C15H24N2O2/c1-12-7-4-5-8-13(12)15(2,3)11-17-14(19)16-9-6-10-18/h4-5,7-8,18H,6,9-11H2,1-3H3,(H2,16,17,19). The van der Waals surface area contributed by atoms with Gasteiger partial charge in [0.05, 0.1) is 0 Å². The zero-order valence-electron chi connectivity index (χ0n) is 12.0. The van der Waals surface area contributed by atoms with Gasteiger partial charge in [0.2, 0.25) is 0 Å². The van der Waals surface area contributed by atoms with E-state index in [9.17, 15) is 4.79 Å². The normalized spacial score (nSPS) is 11.2. The molecule has 0 aliphatic carbocycles. The van der Waals surface area contributed by atoms with Crippen LogP contribution in [0.3, 0.4) is 0 Å². The number of rotatable bonds is 6. The topological polar surface area (TPSA) is 61.4 Å². The Labute approximate surface area is 115 Å². The molecule has 106 valence electrons. The van der Waals surface area contributed by atoms with E-state index in [1.54, 1.807) is 0 Å². The molecule has 3 N–H and O–H groups in total. The largest absolute Gasteiger partial charge is 0.396 e. The van der Waals surface area contributed by atoms with E-state index >= 15 is 0 Å². The Kier molecular flexibility index (Phi) is 5.83. The zero-order chi connectivity index (χ0) is 14.3. The highest BCUT2D eigenvalue weighted by Gasteiger charge is 2.22. The zero-order valence-corrected chi connectivity index (χ0v) is 12.0. The molecule has 1 rings (SSSR count). The van der Waals surface area contributed by atoms with E-state index in [-0.39, 0.29) is 18.1 Å². The Bertz CT molecular complexity index is 416. The molecule has 0 aliphatic rings. The van der Waals surface area contributed by atoms with Gasteiger partial charge in [0.25, 0.3) is 0 Å². The van der Waals surface area contributed by atoms with Crippen LogP contribution >= 0.6 is 0 Å². The lowest BCUT2D eigenvalue weighted by atomic mass is 9.82. The Balaban J connectivity index is 2.51. The number of urea groups is 1. The molecule has 0 radical (unpaired) electrons. The number of hydrogen-bond donors (Lipinski definition) is 3. The van der Waals surface area contributed by atoms with E-state index in [1.807, 2.05) is 12.1 Å². The molecule has 4 heteroatoms. The minimum absolute atomic E-state index is 0.0922. The number of aliphatic hydroxyl groups is 1. The van der Waals surface area contributed by atoms with Crippen LogP contribution < -0.4 is 10.6 Å². The van der Waals surface area contributed by atoms with Gasteiger partial charge in [-0.1, -0.05) is 38.1 Å². The summed E-state index contributed by atoms with van der Waals surface area (Å²) in [4.78, 5) is 11.6. The van der Waals surface area contributed by atoms with Crippen molar-refractivity contribution in [3.63, 3.8) is 0 Å². The maximum atomic E-state index is 11.6. The lowest BCUT2D eigenvalue weighted by Crippen LogP contribution is -2.42. The maximum absolute atomic E-state index is 11.6. The van der Waals surface area contributed by atoms with Gasteiger partial charge in [0, 0.05) is 25.1 Å². The van der Waals surface area contributed by atoms with Gasteiger partial charge >= 0.3 is 6.03 Å². The molecule has 2 amide bonds. The van der Waals surface area contributed by atoms with Crippen molar-refractivity contribution in [2.24, 2.45) is 0 Å². The van der Waals surface area contributed by atoms with Crippen LogP contribution in [-0.4, -0.2) is 30.8 Å². The summed E-state index contributed by atoms with van der Waals surface area (Å²) in [7, 11) is 0. The highest BCUT2D eigenvalue weighted by molar-refractivity contribution is 5.73. The summed E-state index contributed by atoms with van der Waals surface area (Å²) in [5.74, 6) is 0. The summed E-state index contributed by atoms with van der Waals surface area (Å²) < 4.78 is 0. The second kappa shape index (κ2) is 7.14. The number of amides is 2. The molecule has 0 atom stereocenters. The number of aryl methyl sites for hydroxylation is 1. The lowest BCUT2D eigenvalue weighted by Gasteiger charge is -2.27. The Hall–Kier alpha value is -1.55. The van der Waals surface area contributed by atoms with Crippen molar-refractivity contribution in [3.8, 4) is 0 Å². The average molecular weight is 264 g/mol. The summed E-state index contributed by atoms with van der Waals surface area (Å²) in [6, 6.07) is 8.03. The summed E-state index contributed by atoms with van der Waals surface area (Å²) in [5.41, 5.74) is 2.36. The van der Waals surface area contributed by atoms with Gasteiger partial charge in [-0.05, 0) is 24.5 Å². The van der Waals surface area contributed by atoms with Crippen molar-refractivity contribution in [2.45, 2.75) is 32.6 Å². The van der Waals surface area contributed by atoms with E-state index in [2.05, 4.69) is 43.5 Å². The van der Waals surface area contributed by atoms with Crippen molar-refractivity contribution in [1.29, 1.82) is 0 Å². The van der Waals surface area contributed by atoms with Crippen LogP contribution in [0.5, 0.6) is 0 Å². The smallest absolute Gasteiger partial charge is 0.314 e. The van der Waals surface area contributed by atoms with Gasteiger partial charge in [-0.15, -0.1) is 0 Å². The molecular weight excluding hydrogens is 240 g/mol. The van der Waals surface area contributed by atoms with Crippen LogP contribution in [0.4, 0.5) is 4.79 Å². The minimum Gasteiger partial charge on any atom is -0.396 e. The predicted octanol–water partition coefficient (Wildman–Crippen LogP) is 1.95. The third-order valence-electron chi connectivity index (χ3n) is 3.19. The van der Waals surface area contributed by atoms with Crippen molar-refractivity contribution >= 4 is 6.03 Å². The van der Waals surface area contributed by atoms with E-state index in [0.717, 1.165) is 0 Å². The van der Waals surface area contributed by atoms with Crippen LogP contribution in [0.25, 0.3) is 0 Å². The minimum atomic E-state index is -0.185. The van der Waals surface area contributed by atoms with Crippen LogP contribution in [0.15, 0.2) is 24.3 Å². The van der Waals surface area contributed by atoms with Crippen LogP contribution in [0.1, 0.15) is 31.4 Å². The maximum Gasteiger partial charge on any atom is 0.314 e. The first-order valence-corrected chi connectivity index (χ1v) is 6.66. The molecule has 0 aliphatic heterocycles. The summed E-state index contributed by atoms with van der Waals surface area (Å²) in [6.45, 7) is 7.47. The van der Waals surface area contributed by atoms with Gasteiger partial charge in [0.15, 0.2) is 0 Å². The van der Waals surface area contributed by atoms with Crippen molar-refractivity contribution < 1.29 is 9.90 Å². The fraction of sp³-hybridized carbons (Fsp3) is 0.533. The molecule has 0 bridgehead atoms. The molecule has 1 aromatic carbocycles. The Morgan fingerprint density at radius 3 is 2.58 bits per heavy atom. The van der Waals surface area contributed by atoms with Gasteiger partial charge in [0.1, 0.15) is 0 Å².